The van der Waals surface area contributed by atoms with Gasteiger partial charge in [0.1, 0.15) is 5.78 Å². The predicted octanol–water partition coefficient (Wildman–Crippen LogP) is 3.15. The number of methoxy groups -OCH3 is 1. The SMILES string of the molecule is COc1c2c(cc3c1[C@@H](CC(=O)Cc1ccccc1)N(C)CC3)OCO2. The second-order valence-electron chi connectivity index (χ2n) is 6.87. The Morgan fingerprint density at radius 3 is 2.85 bits per heavy atom. The third-order valence-corrected chi connectivity index (χ3v) is 5.21. The summed E-state index contributed by atoms with van der Waals surface area (Å²) in [7, 11) is 3.71. The van der Waals surface area contributed by atoms with Crippen LogP contribution in [0.4, 0.5) is 0 Å². The number of benzene rings is 2. The van der Waals surface area contributed by atoms with E-state index < -0.39 is 0 Å². The molecule has 5 heteroatoms. The Labute approximate surface area is 153 Å². The maximum absolute atomic E-state index is 12.7. The molecule has 0 amide bonds. The summed E-state index contributed by atoms with van der Waals surface area (Å²) in [6, 6.07) is 11.9. The first-order valence-electron chi connectivity index (χ1n) is 8.92. The second-order valence-corrected chi connectivity index (χ2v) is 6.87. The Balaban J connectivity index is 1.64. The molecule has 2 aliphatic heterocycles. The van der Waals surface area contributed by atoms with Gasteiger partial charge in [0.2, 0.25) is 12.5 Å². The Hall–Kier alpha value is -2.53. The first-order chi connectivity index (χ1) is 12.7. The molecule has 4 rings (SSSR count). The van der Waals surface area contributed by atoms with E-state index in [1.807, 2.05) is 36.4 Å². The molecule has 2 aromatic carbocycles. The van der Waals surface area contributed by atoms with Crippen molar-refractivity contribution in [2.24, 2.45) is 0 Å². The number of fused-ring (bicyclic) bond motifs is 2. The summed E-state index contributed by atoms with van der Waals surface area (Å²) < 4.78 is 16.9. The Bertz CT molecular complexity index is 819. The summed E-state index contributed by atoms with van der Waals surface area (Å²) >= 11 is 0. The zero-order chi connectivity index (χ0) is 18.1. The number of carbonyl (C=O) groups is 1. The van der Waals surface area contributed by atoms with E-state index in [-0.39, 0.29) is 18.6 Å². The van der Waals surface area contributed by atoms with Gasteiger partial charge in [-0.2, -0.15) is 0 Å². The number of Topliss-reactive ketones (excluding diaryl/α,β-unsaturated/α-hetero) is 1. The first kappa shape index (κ1) is 16.9. The monoisotopic (exact) mass is 353 g/mol. The summed E-state index contributed by atoms with van der Waals surface area (Å²) in [5, 5.41) is 0. The molecule has 0 saturated heterocycles. The quantitative estimate of drug-likeness (QED) is 0.826. The molecule has 0 saturated carbocycles. The van der Waals surface area contributed by atoms with E-state index in [4.69, 9.17) is 14.2 Å². The molecule has 5 nitrogen and oxygen atoms in total. The van der Waals surface area contributed by atoms with Crippen LogP contribution in [0, 0.1) is 0 Å². The average Bonchev–Trinajstić information content (AvgIpc) is 3.11. The lowest BCUT2D eigenvalue weighted by Gasteiger charge is -2.35. The standard InChI is InChI=1S/C21H23NO4/c1-22-9-8-15-11-18-20(26-13-25-18)21(24-2)19(15)17(22)12-16(23)10-14-6-4-3-5-7-14/h3-7,11,17H,8-10,12-13H2,1-2H3/t17-/m1/s1. The third kappa shape index (κ3) is 3.03. The van der Waals surface area contributed by atoms with Gasteiger partial charge in [-0.3, -0.25) is 9.69 Å². The fraction of sp³-hybridized carbons (Fsp3) is 0.381. The van der Waals surface area contributed by atoms with Crippen molar-refractivity contribution in [2.45, 2.75) is 25.3 Å². The molecule has 0 unspecified atom stereocenters. The van der Waals surface area contributed by atoms with Crippen molar-refractivity contribution in [3.8, 4) is 17.2 Å². The minimum absolute atomic E-state index is 0.0144. The normalized spacial score (nSPS) is 18.5. The number of ether oxygens (including phenoxy) is 3. The molecule has 136 valence electrons. The molecule has 26 heavy (non-hydrogen) atoms. The molecular weight excluding hydrogens is 330 g/mol. The van der Waals surface area contributed by atoms with Gasteiger partial charge in [-0.05, 0) is 30.7 Å². The topological polar surface area (TPSA) is 48.0 Å². The molecule has 1 atom stereocenters. The number of hydrogen-bond donors (Lipinski definition) is 0. The van der Waals surface area contributed by atoms with Gasteiger partial charge < -0.3 is 14.2 Å². The van der Waals surface area contributed by atoms with Crippen molar-refractivity contribution in [3.05, 3.63) is 53.1 Å². The van der Waals surface area contributed by atoms with Crippen LogP contribution in [0.15, 0.2) is 36.4 Å². The molecule has 0 bridgehead atoms. The highest BCUT2D eigenvalue weighted by Crippen LogP contribution is 2.50. The van der Waals surface area contributed by atoms with Crippen LogP contribution in [-0.2, 0) is 17.6 Å². The van der Waals surface area contributed by atoms with Gasteiger partial charge in [0.15, 0.2) is 11.5 Å². The Morgan fingerprint density at radius 2 is 2.08 bits per heavy atom. The van der Waals surface area contributed by atoms with Crippen molar-refractivity contribution in [1.29, 1.82) is 0 Å². The van der Waals surface area contributed by atoms with E-state index in [0.29, 0.717) is 24.3 Å². The van der Waals surface area contributed by atoms with E-state index in [1.165, 1.54) is 5.56 Å². The number of rotatable bonds is 5. The average molecular weight is 353 g/mol. The van der Waals surface area contributed by atoms with Crippen LogP contribution in [-0.4, -0.2) is 38.2 Å². The van der Waals surface area contributed by atoms with Crippen LogP contribution in [0.1, 0.15) is 29.2 Å². The van der Waals surface area contributed by atoms with Gasteiger partial charge in [-0.1, -0.05) is 30.3 Å². The smallest absolute Gasteiger partial charge is 0.231 e. The minimum Gasteiger partial charge on any atom is -0.492 e. The number of likely N-dealkylation sites (N-methyl/N-ethyl adjacent to an activating group) is 1. The summed E-state index contributed by atoms with van der Waals surface area (Å²) in [6.45, 7) is 1.11. The Morgan fingerprint density at radius 1 is 1.27 bits per heavy atom. The van der Waals surface area contributed by atoms with Gasteiger partial charge in [0, 0.05) is 31.0 Å². The van der Waals surface area contributed by atoms with Crippen LogP contribution in [0.3, 0.4) is 0 Å². The number of ketones is 1. The highest BCUT2D eigenvalue weighted by molar-refractivity contribution is 5.82. The van der Waals surface area contributed by atoms with Gasteiger partial charge in [-0.25, -0.2) is 0 Å². The second kappa shape index (κ2) is 7.00. The zero-order valence-corrected chi connectivity index (χ0v) is 15.2. The van der Waals surface area contributed by atoms with Crippen LogP contribution < -0.4 is 14.2 Å². The summed E-state index contributed by atoms with van der Waals surface area (Å²) in [5.41, 5.74) is 3.29. The molecule has 0 N–H and O–H groups in total. The van der Waals surface area contributed by atoms with Crippen molar-refractivity contribution in [1.82, 2.24) is 4.90 Å². The number of nitrogens with zero attached hydrogens (tertiary/aromatic N) is 1. The van der Waals surface area contributed by atoms with Crippen LogP contribution in [0.25, 0.3) is 0 Å². The summed E-state index contributed by atoms with van der Waals surface area (Å²) in [4.78, 5) is 15.0. The largest absolute Gasteiger partial charge is 0.492 e. The van der Waals surface area contributed by atoms with Gasteiger partial charge >= 0.3 is 0 Å². The van der Waals surface area contributed by atoms with Crippen LogP contribution >= 0.6 is 0 Å². The van der Waals surface area contributed by atoms with Crippen LogP contribution in [0.5, 0.6) is 17.2 Å². The van der Waals surface area contributed by atoms with E-state index in [1.54, 1.807) is 7.11 Å². The van der Waals surface area contributed by atoms with Gasteiger partial charge in [-0.15, -0.1) is 0 Å². The molecule has 0 radical (unpaired) electrons. The fourth-order valence-corrected chi connectivity index (χ4v) is 3.89. The lowest BCUT2D eigenvalue weighted by atomic mass is 9.87. The molecule has 0 aromatic heterocycles. The lowest BCUT2D eigenvalue weighted by Crippen LogP contribution is -2.34. The molecule has 2 aliphatic rings. The lowest BCUT2D eigenvalue weighted by molar-refractivity contribution is -0.119. The van der Waals surface area contributed by atoms with E-state index >= 15 is 0 Å². The molecule has 0 spiro atoms. The minimum atomic E-state index is -0.0144. The predicted molar refractivity (Wildman–Crippen MR) is 98.0 cm³/mol. The zero-order valence-electron chi connectivity index (χ0n) is 15.2. The van der Waals surface area contributed by atoms with Crippen molar-refractivity contribution in [3.63, 3.8) is 0 Å². The molecule has 2 aromatic rings. The van der Waals surface area contributed by atoms with Gasteiger partial charge in [0.25, 0.3) is 0 Å². The molecular formula is C21H23NO4. The third-order valence-electron chi connectivity index (χ3n) is 5.21. The maximum Gasteiger partial charge on any atom is 0.231 e. The van der Waals surface area contributed by atoms with E-state index in [0.717, 1.165) is 29.8 Å². The summed E-state index contributed by atoms with van der Waals surface area (Å²) in [5.74, 6) is 2.32. The van der Waals surface area contributed by atoms with E-state index in [2.05, 4.69) is 11.9 Å². The molecule has 2 heterocycles. The molecule has 0 fully saturated rings. The van der Waals surface area contributed by atoms with Crippen LogP contribution in [0.2, 0.25) is 0 Å². The number of hydrogen-bond acceptors (Lipinski definition) is 5. The van der Waals surface area contributed by atoms with Crippen molar-refractivity contribution < 1.29 is 19.0 Å². The molecule has 0 aliphatic carbocycles. The van der Waals surface area contributed by atoms with Crippen molar-refractivity contribution in [2.75, 3.05) is 27.5 Å². The highest BCUT2D eigenvalue weighted by Gasteiger charge is 2.34. The number of carbonyl (C=O) groups excluding carboxylic acids is 1. The first-order valence-corrected chi connectivity index (χ1v) is 8.92. The Kier molecular flexibility index (Phi) is 4.55. The summed E-state index contributed by atoms with van der Waals surface area (Å²) in [6.07, 6.45) is 1.81. The fourth-order valence-electron chi connectivity index (χ4n) is 3.89. The highest BCUT2D eigenvalue weighted by atomic mass is 16.7. The van der Waals surface area contributed by atoms with Crippen molar-refractivity contribution >= 4 is 5.78 Å². The van der Waals surface area contributed by atoms with Gasteiger partial charge in [0.05, 0.1) is 7.11 Å². The maximum atomic E-state index is 12.7. The van der Waals surface area contributed by atoms with E-state index in [9.17, 15) is 4.79 Å².